The molecule has 0 aromatic heterocycles. The van der Waals surface area contributed by atoms with Crippen LogP contribution in [0.5, 0.6) is 0 Å². The predicted molar refractivity (Wildman–Crippen MR) is 45.9 cm³/mol. The molecule has 2 nitrogen and oxygen atoms in total. The summed E-state index contributed by atoms with van der Waals surface area (Å²) in [4.78, 5) is 9.01. The minimum atomic E-state index is -2.69. The Bertz CT molecular complexity index is 116. The zero-order valence-electron chi connectivity index (χ0n) is 6.71. The molecule has 4 heteroatoms. The van der Waals surface area contributed by atoms with Crippen LogP contribution in [0.4, 0.5) is 0 Å². The lowest BCUT2D eigenvalue weighted by Crippen LogP contribution is -1.90. The van der Waals surface area contributed by atoms with Crippen molar-refractivity contribution in [3.8, 4) is 0 Å². The molecule has 10 heavy (non-hydrogen) atoms. The van der Waals surface area contributed by atoms with Crippen LogP contribution < -0.4 is 0 Å². The average molecular weight is 177 g/mol. The number of rotatable bonds is 4. The second-order valence-electron chi connectivity index (χ2n) is 2.24. The summed E-state index contributed by atoms with van der Waals surface area (Å²) in [7, 11) is -2.69. The normalized spacial score (nSPS) is 15.5. The van der Waals surface area contributed by atoms with E-state index in [1.807, 2.05) is 6.92 Å². The van der Waals surface area contributed by atoms with Crippen LogP contribution in [-0.4, -0.2) is 34.6 Å². The van der Waals surface area contributed by atoms with Crippen molar-refractivity contribution >= 4 is 24.7 Å². The maximum Gasteiger partial charge on any atom is 0.200 e. The molecule has 0 aliphatic carbocycles. The summed E-state index contributed by atoms with van der Waals surface area (Å²) >= 11 is 0. The summed E-state index contributed by atoms with van der Waals surface area (Å²) in [6.07, 6.45) is 2.80. The Morgan fingerprint density at radius 3 is 2.20 bits per heavy atom. The Morgan fingerprint density at radius 2 is 1.90 bits per heavy atom. The third-order valence-corrected chi connectivity index (χ3v) is 3.36. The van der Waals surface area contributed by atoms with Crippen molar-refractivity contribution in [3.63, 3.8) is 0 Å². The van der Waals surface area contributed by atoms with E-state index in [0.717, 1.165) is 12.8 Å². The maximum atomic E-state index is 10.9. The van der Waals surface area contributed by atoms with Crippen molar-refractivity contribution in [2.24, 2.45) is 0 Å². The molecule has 1 N–H and O–H groups in total. The van der Waals surface area contributed by atoms with E-state index in [-0.39, 0.29) is 17.4 Å². The fraction of sp³-hybridized carbons (Fsp3) is 1.00. The zero-order chi connectivity index (χ0) is 7.33. The third kappa shape index (κ3) is 6.84. The van der Waals surface area contributed by atoms with Crippen molar-refractivity contribution in [2.75, 3.05) is 12.3 Å². The van der Waals surface area contributed by atoms with Gasteiger partial charge < -0.3 is 4.89 Å². The van der Waals surface area contributed by atoms with Gasteiger partial charge in [0.05, 0.1) is 0 Å². The van der Waals surface area contributed by atoms with Crippen LogP contribution in [0.2, 0.25) is 0 Å². The zero-order valence-corrected chi connectivity index (χ0v) is 8.76. The highest BCUT2D eigenvalue weighted by atomic mass is 31.2. The van der Waals surface area contributed by atoms with Crippen LogP contribution in [0.3, 0.4) is 0 Å². The SMILES string of the molecule is CCCCP(=O)(O)CC.[Al]. The lowest BCUT2D eigenvalue weighted by molar-refractivity contribution is 0.477. The van der Waals surface area contributed by atoms with Gasteiger partial charge in [0.2, 0.25) is 0 Å². The molecule has 0 spiro atoms. The highest BCUT2D eigenvalue weighted by Gasteiger charge is 2.12. The molecule has 59 valence electrons. The highest BCUT2D eigenvalue weighted by Crippen LogP contribution is 2.40. The lowest BCUT2D eigenvalue weighted by Gasteiger charge is -2.05. The minimum absolute atomic E-state index is 0. The van der Waals surface area contributed by atoms with Crippen molar-refractivity contribution < 1.29 is 9.46 Å². The quantitative estimate of drug-likeness (QED) is 0.524. The van der Waals surface area contributed by atoms with Gasteiger partial charge in [-0.25, -0.2) is 0 Å². The first kappa shape index (κ1) is 13.3. The molecule has 0 saturated heterocycles. The summed E-state index contributed by atoms with van der Waals surface area (Å²) in [5, 5.41) is 0. The van der Waals surface area contributed by atoms with Crippen LogP contribution in [0.25, 0.3) is 0 Å². The van der Waals surface area contributed by atoms with E-state index in [4.69, 9.17) is 4.89 Å². The Kier molecular flexibility index (Phi) is 8.57. The highest BCUT2D eigenvalue weighted by molar-refractivity contribution is 7.57. The summed E-state index contributed by atoms with van der Waals surface area (Å²) in [5.74, 6) is 0. The third-order valence-electron chi connectivity index (χ3n) is 1.36. The van der Waals surface area contributed by atoms with Gasteiger partial charge in [-0.2, -0.15) is 0 Å². The standard InChI is InChI=1S/C6H15O2P.Al/c1-3-5-6-9(7,8)4-2;/h3-6H2,1-2H3,(H,7,8);. The molecule has 1 atom stereocenters. The van der Waals surface area contributed by atoms with E-state index >= 15 is 0 Å². The van der Waals surface area contributed by atoms with Crippen LogP contribution in [0.15, 0.2) is 0 Å². The van der Waals surface area contributed by atoms with Gasteiger partial charge in [-0.1, -0.05) is 20.3 Å². The number of hydrogen-bond donors (Lipinski definition) is 1. The van der Waals surface area contributed by atoms with Gasteiger partial charge in [0.25, 0.3) is 0 Å². The minimum Gasteiger partial charge on any atom is -0.344 e. The Balaban J connectivity index is 0. The first-order valence-corrected chi connectivity index (χ1v) is 5.46. The number of unbranched alkanes of at least 4 members (excludes halogenated alkanes) is 1. The topological polar surface area (TPSA) is 37.3 Å². The molecule has 0 fully saturated rings. The Hall–Kier alpha value is 0.722. The average Bonchev–Trinajstić information content (AvgIpc) is 1.84. The van der Waals surface area contributed by atoms with Crippen LogP contribution in [-0.2, 0) is 4.57 Å². The van der Waals surface area contributed by atoms with E-state index < -0.39 is 7.37 Å². The monoisotopic (exact) mass is 177 g/mol. The molecular formula is C6H15AlO2P. The van der Waals surface area contributed by atoms with E-state index in [0.29, 0.717) is 12.3 Å². The largest absolute Gasteiger partial charge is 0.344 e. The maximum absolute atomic E-state index is 10.9. The molecule has 0 aromatic rings. The van der Waals surface area contributed by atoms with E-state index in [1.165, 1.54) is 0 Å². The first-order valence-electron chi connectivity index (χ1n) is 3.43. The molecule has 0 aromatic carbocycles. The van der Waals surface area contributed by atoms with E-state index in [1.54, 1.807) is 6.92 Å². The van der Waals surface area contributed by atoms with Crippen molar-refractivity contribution in [1.29, 1.82) is 0 Å². The van der Waals surface area contributed by atoms with Crippen molar-refractivity contribution in [3.05, 3.63) is 0 Å². The molecule has 0 saturated carbocycles. The van der Waals surface area contributed by atoms with Gasteiger partial charge in [0.1, 0.15) is 0 Å². The summed E-state index contributed by atoms with van der Waals surface area (Å²) in [5.41, 5.74) is 0. The first-order chi connectivity index (χ1) is 4.12. The smallest absolute Gasteiger partial charge is 0.200 e. The molecule has 0 aliphatic heterocycles. The molecule has 0 heterocycles. The molecule has 1 unspecified atom stereocenters. The summed E-state index contributed by atoms with van der Waals surface area (Å²) in [6, 6.07) is 0. The van der Waals surface area contributed by atoms with E-state index in [9.17, 15) is 4.57 Å². The lowest BCUT2D eigenvalue weighted by atomic mass is 10.4. The van der Waals surface area contributed by atoms with Crippen LogP contribution in [0.1, 0.15) is 26.7 Å². The molecule has 0 rings (SSSR count). The number of hydrogen-bond acceptors (Lipinski definition) is 1. The second-order valence-corrected chi connectivity index (χ2v) is 5.01. The fourth-order valence-corrected chi connectivity index (χ4v) is 1.69. The van der Waals surface area contributed by atoms with Gasteiger partial charge >= 0.3 is 0 Å². The van der Waals surface area contributed by atoms with Gasteiger partial charge in [0.15, 0.2) is 7.37 Å². The predicted octanol–water partition coefficient (Wildman–Crippen LogP) is 1.70. The summed E-state index contributed by atoms with van der Waals surface area (Å²) < 4.78 is 10.9. The molecular weight excluding hydrogens is 162 g/mol. The van der Waals surface area contributed by atoms with E-state index in [2.05, 4.69) is 0 Å². The molecule has 0 aliphatic rings. The Labute approximate surface area is 73.6 Å². The van der Waals surface area contributed by atoms with Crippen LogP contribution in [0, 0.1) is 0 Å². The van der Waals surface area contributed by atoms with Gasteiger partial charge in [-0.15, -0.1) is 0 Å². The Morgan fingerprint density at radius 1 is 1.40 bits per heavy atom. The van der Waals surface area contributed by atoms with Crippen molar-refractivity contribution in [2.45, 2.75) is 26.7 Å². The second kappa shape index (κ2) is 6.43. The van der Waals surface area contributed by atoms with Gasteiger partial charge in [-0.05, 0) is 6.42 Å². The fourth-order valence-electron chi connectivity index (χ4n) is 0.563. The van der Waals surface area contributed by atoms with Gasteiger partial charge in [-0.3, -0.25) is 4.57 Å². The molecule has 0 amide bonds. The molecule has 3 radical (unpaired) electrons. The van der Waals surface area contributed by atoms with Crippen molar-refractivity contribution in [1.82, 2.24) is 0 Å². The molecule has 0 bridgehead atoms. The summed E-state index contributed by atoms with van der Waals surface area (Å²) in [6.45, 7) is 3.78. The van der Waals surface area contributed by atoms with Gasteiger partial charge in [0, 0.05) is 29.7 Å². The van der Waals surface area contributed by atoms with Crippen LogP contribution >= 0.6 is 7.37 Å².